The second-order valence-electron chi connectivity index (χ2n) is 2.81. The van der Waals surface area contributed by atoms with Crippen LogP contribution >= 0.6 is 15.9 Å². The predicted molar refractivity (Wildman–Crippen MR) is 52.4 cm³/mol. The molecule has 0 radical (unpaired) electrons. The normalized spacial score (nSPS) is 10.5. The Morgan fingerprint density at radius 2 is 2.47 bits per heavy atom. The molecular formula is C7H6BrN5O2. The maximum atomic E-state index is 10.7. The van der Waals surface area contributed by atoms with Crippen LogP contribution in [0.4, 0.5) is 0 Å². The average molecular weight is 272 g/mol. The molecule has 2 aromatic rings. The summed E-state index contributed by atoms with van der Waals surface area (Å²) in [6.07, 6.45) is 1.50. The lowest BCUT2D eigenvalue weighted by Gasteiger charge is -1.98. The zero-order chi connectivity index (χ0) is 10.8. The Kier molecular flexibility index (Phi) is 2.50. The lowest BCUT2D eigenvalue weighted by molar-refractivity contribution is 0.0697. The average Bonchev–Trinajstić information content (AvgIpc) is 2.77. The van der Waals surface area contributed by atoms with Crippen LogP contribution in [0.2, 0.25) is 0 Å². The van der Waals surface area contributed by atoms with Gasteiger partial charge in [0.25, 0.3) is 0 Å². The minimum Gasteiger partial charge on any atom is -0.478 e. The van der Waals surface area contributed by atoms with Gasteiger partial charge in [-0.2, -0.15) is 5.21 Å². The van der Waals surface area contributed by atoms with Crippen LogP contribution < -0.4 is 0 Å². The Bertz CT molecular complexity index is 478. The van der Waals surface area contributed by atoms with Crippen LogP contribution in [0.5, 0.6) is 0 Å². The van der Waals surface area contributed by atoms with Crippen molar-refractivity contribution in [2.45, 2.75) is 6.54 Å². The van der Waals surface area contributed by atoms with Crippen molar-refractivity contribution in [2.75, 3.05) is 0 Å². The molecule has 0 aromatic carbocycles. The van der Waals surface area contributed by atoms with Crippen LogP contribution in [0.15, 0.2) is 16.9 Å². The maximum absolute atomic E-state index is 10.7. The van der Waals surface area contributed by atoms with E-state index in [1.54, 1.807) is 4.57 Å². The fraction of sp³-hybridized carbons (Fsp3) is 0.143. The van der Waals surface area contributed by atoms with Crippen LogP contribution in [0.1, 0.15) is 16.2 Å². The molecule has 78 valence electrons. The van der Waals surface area contributed by atoms with Gasteiger partial charge in [0, 0.05) is 6.20 Å². The topological polar surface area (TPSA) is 96.7 Å². The summed E-state index contributed by atoms with van der Waals surface area (Å²) >= 11 is 3.24. The molecule has 0 unspecified atom stereocenters. The van der Waals surface area contributed by atoms with Gasteiger partial charge >= 0.3 is 5.97 Å². The van der Waals surface area contributed by atoms with Crippen molar-refractivity contribution < 1.29 is 9.90 Å². The highest BCUT2D eigenvalue weighted by atomic mass is 79.9. The number of halogens is 1. The van der Waals surface area contributed by atoms with Gasteiger partial charge in [0.2, 0.25) is 0 Å². The minimum absolute atomic E-state index is 0.213. The standard InChI is InChI=1S/C7H6BrN5O2/c8-5-1-4(7(14)15)2-13(5)3-6-9-11-12-10-6/h1-2H,3H2,(H,14,15)(H,9,10,11,12). The molecule has 0 bridgehead atoms. The van der Waals surface area contributed by atoms with Crippen molar-refractivity contribution in [1.82, 2.24) is 25.2 Å². The van der Waals surface area contributed by atoms with Crippen LogP contribution in [0, 0.1) is 0 Å². The van der Waals surface area contributed by atoms with Gasteiger partial charge in [-0.25, -0.2) is 4.79 Å². The third-order valence-corrected chi connectivity index (χ3v) is 2.48. The molecule has 0 atom stereocenters. The molecule has 0 saturated carbocycles. The van der Waals surface area contributed by atoms with Crippen LogP contribution in [0.3, 0.4) is 0 Å². The number of aromatic nitrogens is 5. The largest absolute Gasteiger partial charge is 0.478 e. The molecule has 2 aromatic heterocycles. The Morgan fingerprint density at radius 1 is 1.67 bits per heavy atom. The van der Waals surface area contributed by atoms with Gasteiger partial charge in [-0.3, -0.25) is 0 Å². The molecule has 0 aliphatic carbocycles. The van der Waals surface area contributed by atoms with E-state index in [0.29, 0.717) is 17.0 Å². The SMILES string of the molecule is O=C(O)c1cc(Br)n(Cc2nn[nH]n2)c1. The number of aromatic carboxylic acids is 1. The molecule has 0 aliphatic heterocycles. The lowest BCUT2D eigenvalue weighted by Crippen LogP contribution is -2.01. The van der Waals surface area contributed by atoms with Crippen LogP contribution in [-0.2, 0) is 6.54 Å². The third kappa shape index (κ3) is 2.04. The molecule has 15 heavy (non-hydrogen) atoms. The molecule has 0 fully saturated rings. The highest BCUT2D eigenvalue weighted by molar-refractivity contribution is 9.10. The fourth-order valence-corrected chi connectivity index (χ4v) is 1.59. The van der Waals surface area contributed by atoms with Crippen molar-refractivity contribution in [3.63, 3.8) is 0 Å². The number of aromatic amines is 1. The lowest BCUT2D eigenvalue weighted by atomic mass is 10.4. The Morgan fingerprint density at radius 3 is 3.00 bits per heavy atom. The van der Waals surface area contributed by atoms with E-state index in [0.717, 1.165) is 0 Å². The number of hydrogen-bond donors (Lipinski definition) is 2. The van der Waals surface area contributed by atoms with Gasteiger partial charge in [0.1, 0.15) is 0 Å². The van der Waals surface area contributed by atoms with E-state index in [2.05, 4.69) is 36.6 Å². The van der Waals surface area contributed by atoms with Crippen molar-refractivity contribution in [1.29, 1.82) is 0 Å². The van der Waals surface area contributed by atoms with Crippen molar-refractivity contribution >= 4 is 21.9 Å². The Labute approximate surface area is 92.2 Å². The number of carboxylic acids is 1. The first-order valence-electron chi connectivity index (χ1n) is 3.98. The molecular weight excluding hydrogens is 266 g/mol. The van der Waals surface area contributed by atoms with E-state index in [1.165, 1.54) is 12.3 Å². The highest BCUT2D eigenvalue weighted by Gasteiger charge is 2.10. The van der Waals surface area contributed by atoms with Crippen LogP contribution in [-0.4, -0.2) is 36.3 Å². The number of rotatable bonds is 3. The van der Waals surface area contributed by atoms with Gasteiger partial charge in [0.05, 0.1) is 16.7 Å². The third-order valence-electron chi connectivity index (χ3n) is 1.79. The van der Waals surface area contributed by atoms with Gasteiger partial charge in [-0.05, 0) is 22.0 Å². The van der Waals surface area contributed by atoms with Gasteiger partial charge in [0.15, 0.2) is 5.82 Å². The minimum atomic E-state index is -0.970. The molecule has 2 rings (SSSR count). The van der Waals surface area contributed by atoms with Crippen molar-refractivity contribution in [3.05, 3.63) is 28.3 Å². The number of nitrogens with zero attached hydrogens (tertiary/aromatic N) is 4. The number of tetrazole rings is 1. The Hall–Kier alpha value is -1.70. The summed E-state index contributed by atoms with van der Waals surface area (Å²) in [6, 6.07) is 1.52. The predicted octanol–water partition coefficient (Wildman–Crippen LogP) is 0.510. The van der Waals surface area contributed by atoms with E-state index in [-0.39, 0.29) is 5.56 Å². The molecule has 7 nitrogen and oxygen atoms in total. The molecule has 2 heterocycles. The van der Waals surface area contributed by atoms with E-state index in [1.807, 2.05) is 0 Å². The molecule has 0 spiro atoms. The smallest absolute Gasteiger partial charge is 0.337 e. The number of H-pyrrole nitrogens is 1. The first-order chi connectivity index (χ1) is 7.16. The summed E-state index contributed by atoms with van der Waals surface area (Å²) in [5, 5.41) is 22.0. The molecule has 0 aliphatic rings. The first kappa shape index (κ1) is 9.84. The molecule has 2 N–H and O–H groups in total. The maximum Gasteiger partial charge on any atom is 0.337 e. The quantitative estimate of drug-likeness (QED) is 0.848. The molecule has 8 heteroatoms. The summed E-state index contributed by atoms with van der Waals surface area (Å²) < 4.78 is 2.33. The number of carbonyl (C=O) groups is 1. The molecule has 0 saturated heterocycles. The number of nitrogens with one attached hydrogen (secondary N) is 1. The zero-order valence-corrected chi connectivity index (χ0v) is 8.97. The second kappa shape index (κ2) is 3.81. The fourth-order valence-electron chi connectivity index (χ4n) is 1.12. The first-order valence-corrected chi connectivity index (χ1v) is 4.77. The van der Waals surface area contributed by atoms with Crippen molar-refractivity contribution in [2.24, 2.45) is 0 Å². The van der Waals surface area contributed by atoms with E-state index in [4.69, 9.17) is 5.11 Å². The van der Waals surface area contributed by atoms with Gasteiger partial charge in [-0.1, -0.05) is 5.21 Å². The summed E-state index contributed by atoms with van der Waals surface area (Å²) in [5.41, 5.74) is 0.213. The second-order valence-corrected chi connectivity index (χ2v) is 3.63. The van der Waals surface area contributed by atoms with Crippen molar-refractivity contribution in [3.8, 4) is 0 Å². The number of hydrogen-bond acceptors (Lipinski definition) is 4. The van der Waals surface area contributed by atoms with E-state index >= 15 is 0 Å². The van der Waals surface area contributed by atoms with Crippen LogP contribution in [0.25, 0.3) is 0 Å². The summed E-state index contributed by atoms with van der Waals surface area (Å²) in [4.78, 5) is 10.7. The summed E-state index contributed by atoms with van der Waals surface area (Å²) in [5.74, 6) is -0.481. The Balaban J connectivity index is 2.25. The zero-order valence-electron chi connectivity index (χ0n) is 7.38. The number of carboxylic acid groups (broad SMARTS) is 1. The van der Waals surface area contributed by atoms with Gasteiger partial charge < -0.3 is 9.67 Å². The highest BCUT2D eigenvalue weighted by Crippen LogP contribution is 2.16. The summed E-state index contributed by atoms with van der Waals surface area (Å²) in [7, 11) is 0. The van der Waals surface area contributed by atoms with Gasteiger partial charge in [-0.15, -0.1) is 10.2 Å². The molecule has 0 amide bonds. The monoisotopic (exact) mass is 271 g/mol. The summed E-state index contributed by atoms with van der Waals surface area (Å²) in [6.45, 7) is 0.365. The van der Waals surface area contributed by atoms with E-state index in [9.17, 15) is 4.79 Å². The van der Waals surface area contributed by atoms with E-state index < -0.39 is 5.97 Å².